The predicted octanol–water partition coefficient (Wildman–Crippen LogP) is 4.03. The van der Waals surface area contributed by atoms with Gasteiger partial charge < -0.3 is 9.84 Å². The molecule has 0 amide bonds. The summed E-state index contributed by atoms with van der Waals surface area (Å²) in [6.07, 6.45) is 8.68. The molecule has 0 spiro atoms. The molecule has 4 heteroatoms. The summed E-state index contributed by atoms with van der Waals surface area (Å²) in [7, 11) is 0. The predicted molar refractivity (Wildman–Crippen MR) is 82.0 cm³/mol. The quantitative estimate of drug-likeness (QED) is 0.653. The fraction of sp³-hybridized carbons (Fsp3) is 0.882. The molecule has 1 aliphatic carbocycles. The molecule has 1 rings (SSSR count). The number of carbonyl (C=O) groups excluding carboxylic acids is 1. The Kier molecular flexibility index (Phi) is 8.40. The first-order chi connectivity index (χ1) is 9.97. The lowest BCUT2D eigenvalue weighted by molar-refractivity contribution is -0.149. The molecular formula is C17H30O4. The van der Waals surface area contributed by atoms with E-state index in [0.29, 0.717) is 18.4 Å². The van der Waals surface area contributed by atoms with Gasteiger partial charge >= 0.3 is 11.9 Å². The first-order valence-electron chi connectivity index (χ1n) is 8.34. The molecule has 1 N–H and O–H groups in total. The van der Waals surface area contributed by atoms with Crippen molar-refractivity contribution in [2.75, 3.05) is 6.61 Å². The molecule has 0 bridgehead atoms. The van der Waals surface area contributed by atoms with Crippen LogP contribution in [-0.4, -0.2) is 23.7 Å². The zero-order chi connectivity index (χ0) is 15.7. The van der Waals surface area contributed by atoms with Crippen molar-refractivity contribution >= 4 is 11.9 Å². The van der Waals surface area contributed by atoms with E-state index < -0.39 is 5.97 Å². The van der Waals surface area contributed by atoms with Gasteiger partial charge in [-0.1, -0.05) is 46.0 Å². The normalized spacial score (nSPS) is 17.7. The van der Waals surface area contributed by atoms with Gasteiger partial charge in [-0.15, -0.1) is 0 Å². The highest BCUT2D eigenvalue weighted by Crippen LogP contribution is 2.31. The number of hydrogen-bond acceptors (Lipinski definition) is 3. The van der Waals surface area contributed by atoms with Crippen LogP contribution in [0.15, 0.2) is 0 Å². The zero-order valence-corrected chi connectivity index (χ0v) is 13.5. The van der Waals surface area contributed by atoms with E-state index in [1.54, 1.807) is 0 Å². The molecule has 0 aliphatic heterocycles. The van der Waals surface area contributed by atoms with Gasteiger partial charge in [0.15, 0.2) is 0 Å². The van der Waals surface area contributed by atoms with Gasteiger partial charge in [-0.3, -0.25) is 9.59 Å². The summed E-state index contributed by atoms with van der Waals surface area (Å²) in [6.45, 7) is 4.84. The van der Waals surface area contributed by atoms with E-state index in [1.807, 2.05) is 0 Å². The average Bonchev–Trinajstić information content (AvgIpc) is 2.43. The Hall–Kier alpha value is -1.06. The van der Waals surface area contributed by atoms with Crippen molar-refractivity contribution in [2.45, 2.75) is 71.6 Å². The van der Waals surface area contributed by atoms with E-state index in [2.05, 4.69) is 13.8 Å². The van der Waals surface area contributed by atoms with Crippen LogP contribution >= 0.6 is 0 Å². The molecular weight excluding hydrogens is 268 g/mol. The standard InChI is InChI=1S/C17H30O4/c1-13(2)10-15(11-14-6-4-3-5-7-14)12-21-17(20)9-8-16(18)19/h13-15H,3-12H2,1-2H3,(H,18,19). The summed E-state index contributed by atoms with van der Waals surface area (Å²) in [6, 6.07) is 0. The van der Waals surface area contributed by atoms with Gasteiger partial charge in [-0.2, -0.15) is 0 Å². The van der Waals surface area contributed by atoms with E-state index in [9.17, 15) is 9.59 Å². The van der Waals surface area contributed by atoms with Gasteiger partial charge in [0.05, 0.1) is 19.4 Å². The third kappa shape index (κ3) is 8.74. The molecule has 1 unspecified atom stereocenters. The molecule has 1 aliphatic rings. The molecule has 1 atom stereocenters. The van der Waals surface area contributed by atoms with Gasteiger partial charge in [0.2, 0.25) is 0 Å². The smallest absolute Gasteiger partial charge is 0.306 e. The Morgan fingerprint density at radius 1 is 1.14 bits per heavy atom. The van der Waals surface area contributed by atoms with Crippen LogP contribution < -0.4 is 0 Å². The number of esters is 1. The Labute approximate surface area is 128 Å². The molecule has 4 nitrogen and oxygen atoms in total. The topological polar surface area (TPSA) is 63.6 Å². The minimum absolute atomic E-state index is 0.0207. The lowest BCUT2D eigenvalue weighted by Gasteiger charge is -2.27. The van der Waals surface area contributed by atoms with Crippen LogP contribution in [0.5, 0.6) is 0 Å². The van der Waals surface area contributed by atoms with Crippen molar-refractivity contribution in [1.82, 2.24) is 0 Å². The summed E-state index contributed by atoms with van der Waals surface area (Å²) in [4.78, 5) is 22.0. The SMILES string of the molecule is CC(C)CC(COC(=O)CCC(=O)O)CC1CCCCC1. The molecule has 0 aromatic carbocycles. The van der Waals surface area contributed by atoms with E-state index in [-0.39, 0.29) is 18.8 Å². The second-order valence-electron chi connectivity index (χ2n) is 6.81. The van der Waals surface area contributed by atoms with Crippen molar-refractivity contribution in [2.24, 2.45) is 17.8 Å². The molecule has 0 aromatic heterocycles. The number of carboxylic acid groups (broad SMARTS) is 1. The number of aliphatic carboxylic acids is 1. The molecule has 1 fully saturated rings. The van der Waals surface area contributed by atoms with E-state index in [0.717, 1.165) is 18.8 Å². The minimum Gasteiger partial charge on any atom is -0.481 e. The van der Waals surface area contributed by atoms with E-state index in [4.69, 9.17) is 9.84 Å². The number of ether oxygens (including phenoxy) is 1. The summed E-state index contributed by atoms with van der Waals surface area (Å²) >= 11 is 0. The van der Waals surface area contributed by atoms with Crippen LogP contribution in [0.2, 0.25) is 0 Å². The highest BCUT2D eigenvalue weighted by Gasteiger charge is 2.21. The Morgan fingerprint density at radius 3 is 2.38 bits per heavy atom. The Bertz CT molecular complexity index is 319. The second-order valence-corrected chi connectivity index (χ2v) is 6.81. The second kappa shape index (κ2) is 9.80. The molecule has 0 radical (unpaired) electrons. The van der Waals surface area contributed by atoms with Gasteiger partial charge in [-0.25, -0.2) is 0 Å². The van der Waals surface area contributed by atoms with Crippen LogP contribution in [0.1, 0.15) is 71.6 Å². The van der Waals surface area contributed by atoms with Gasteiger partial charge in [0.1, 0.15) is 0 Å². The number of carbonyl (C=O) groups is 2. The number of hydrogen-bond donors (Lipinski definition) is 1. The van der Waals surface area contributed by atoms with Crippen molar-refractivity contribution in [3.8, 4) is 0 Å². The first-order valence-corrected chi connectivity index (χ1v) is 8.34. The monoisotopic (exact) mass is 298 g/mol. The van der Waals surface area contributed by atoms with Crippen LogP contribution in [0.25, 0.3) is 0 Å². The third-order valence-electron chi connectivity index (χ3n) is 4.22. The van der Waals surface area contributed by atoms with Crippen molar-refractivity contribution in [3.05, 3.63) is 0 Å². The summed E-state index contributed by atoms with van der Waals surface area (Å²) < 4.78 is 5.29. The van der Waals surface area contributed by atoms with E-state index in [1.165, 1.54) is 32.1 Å². The van der Waals surface area contributed by atoms with Crippen molar-refractivity contribution in [1.29, 1.82) is 0 Å². The maximum atomic E-state index is 11.5. The van der Waals surface area contributed by atoms with Crippen molar-refractivity contribution in [3.63, 3.8) is 0 Å². The van der Waals surface area contributed by atoms with Crippen LogP contribution in [0.3, 0.4) is 0 Å². The van der Waals surface area contributed by atoms with Crippen LogP contribution in [-0.2, 0) is 14.3 Å². The third-order valence-corrected chi connectivity index (χ3v) is 4.22. The zero-order valence-electron chi connectivity index (χ0n) is 13.5. The highest BCUT2D eigenvalue weighted by molar-refractivity contribution is 5.76. The van der Waals surface area contributed by atoms with E-state index >= 15 is 0 Å². The fourth-order valence-electron chi connectivity index (χ4n) is 3.29. The summed E-state index contributed by atoms with van der Waals surface area (Å²) in [5, 5.41) is 8.57. The van der Waals surface area contributed by atoms with Crippen molar-refractivity contribution < 1.29 is 19.4 Å². The highest BCUT2D eigenvalue weighted by atomic mass is 16.5. The summed E-state index contributed by atoms with van der Waals surface area (Å²) in [5.74, 6) is 0.459. The molecule has 0 heterocycles. The largest absolute Gasteiger partial charge is 0.481 e. The Morgan fingerprint density at radius 2 is 1.81 bits per heavy atom. The number of carboxylic acids is 1. The number of rotatable bonds is 9. The lowest BCUT2D eigenvalue weighted by Crippen LogP contribution is -2.20. The minimum atomic E-state index is -0.951. The van der Waals surface area contributed by atoms with Crippen LogP contribution in [0.4, 0.5) is 0 Å². The molecule has 122 valence electrons. The first kappa shape index (κ1) is 18.0. The molecule has 1 saturated carbocycles. The maximum Gasteiger partial charge on any atom is 0.306 e. The Balaban J connectivity index is 2.34. The van der Waals surface area contributed by atoms with Gasteiger partial charge in [0, 0.05) is 0 Å². The molecule has 0 aromatic rings. The lowest BCUT2D eigenvalue weighted by atomic mass is 9.81. The summed E-state index contributed by atoms with van der Waals surface area (Å²) in [5.41, 5.74) is 0. The van der Waals surface area contributed by atoms with Crippen LogP contribution in [0, 0.1) is 17.8 Å². The fourth-order valence-corrected chi connectivity index (χ4v) is 3.29. The van der Waals surface area contributed by atoms with Gasteiger partial charge in [0.25, 0.3) is 0 Å². The average molecular weight is 298 g/mol. The van der Waals surface area contributed by atoms with Gasteiger partial charge in [-0.05, 0) is 30.6 Å². The maximum absolute atomic E-state index is 11.5. The molecule has 21 heavy (non-hydrogen) atoms. The molecule has 0 saturated heterocycles.